The highest BCUT2D eigenvalue weighted by atomic mass is 32.1. The molecule has 2 aromatic heterocycles. The van der Waals surface area contributed by atoms with Crippen LogP contribution < -0.4 is 0 Å². The van der Waals surface area contributed by atoms with Gasteiger partial charge in [-0.3, -0.25) is 4.90 Å². The van der Waals surface area contributed by atoms with Crippen LogP contribution in [0.1, 0.15) is 29.2 Å². The van der Waals surface area contributed by atoms with Crippen LogP contribution in [-0.2, 0) is 24.4 Å². The number of fused-ring (bicyclic) bond motifs is 1. The largest absolute Gasteiger partial charge is 0.381 e. The normalized spacial score (nSPS) is 22.0. The Kier molecular flexibility index (Phi) is 4.46. The zero-order chi connectivity index (χ0) is 15.6. The minimum Gasteiger partial charge on any atom is -0.381 e. The molecule has 0 radical (unpaired) electrons. The SMILES string of the molecule is Cc1nc(CN2Cc3cncn3C[C@@H](COCC3CC3)C2)cs1. The van der Waals surface area contributed by atoms with E-state index < -0.39 is 0 Å². The van der Waals surface area contributed by atoms with E-state index in [0.717, 1.165) is 50.3 Å². The maximum Gasteiger partial charge on any atom is 0.0948 e. The van der Waals surface area contributed by atoms with Crippen molar-refractivity contribution in [1.29, 1.82) is 0 Å². The first-order valence-electron chi connectivity index (χ1n) is 8.46. The molecule has 2 aromatic rings. The van der Waals surface area contributed by atoms with Crippen molar-refractivity contribution in [2.75, 3.05) is 19.8 Å². The Labute approximate surface area is 141 Å². The second kappa shape index (κ2) is 6.71. The summed E-state index contributed by atoms with van der Waals surface area (Å²) < 4.78 is 8.26. The van der Waals surface area contributed by atoms with Gasteiger partial charge in [0.25, 0.3) is 0 Å². The van der Waals surface area contributed by atoms with Gasteiger partial charge < -0.3 is 9.30 Å². The van der Waals surface area contributed by atoms with Crippen LogP contribution in [0.25, 0.3) is 0 Å². The smallest absolute Gasteiger partial charge is 0.0948 e. The molecular weight excluding hydrogens is 308 g/mol. The molecule has 1 aliphatic carbocycles. The van der Waals surface area contributed by atoms with Crippen LogP contribution in [0.4, 0.5) is 0 Å². The van der Waals surface area contributed by atoms with Gasteiger partial charge in [-0.25, -0.2) is 9.97 Å². The van der Waals surface area contributed by atoms with E-state index in [2.05, 4.69) is 31.7 Å². The van der Waals surface area contributed by atoms with E-state index >= 15 is 0 Å². The maximum absolute atomic E-state index is 5.97. The highest BCUT2D eigenvalue weighted by Gasteiger charge is 2.25. The van der Waals surface area contributed by atoms with Gasteiger partial charge in [-0.15, -0.1) is 11.3 Å². The van der Waals surface area contributed by atoms with E-state index in [-0.39, 0.29) is 0 Å². The molecule has 6 heteroatoms. The highest BCUT2D eigenvalue weighted by Crippen LogP contribution is 2.29. The lowest BCUT2D eigenvalue weighted by Crippen LogP contribution is -2.30. The predicted octanol–water partition coefficient (Wildman–Crippen LogP) is 2.71. The molecule has 5 nitrogen and oxygen atoms in total. The summed E-state index contributed by atoms with van der Waals surface area (Å²) in [7, 11) is 0. The van der Waals surface area contributed by atoms with Gasteiger partial charge in [0.1, 0.15) is 0 Å². The molecule has 23 heavy (non-hydrogen) atoms. The third-order valence-electron chi connectivity index (χ3n) is 4.61. The Morgan fingerprint density at radius 1 is 1.26 bits per heavy atom. The van der Waals surface area contributed by atoms with Gasteiger partial charge in [0.05, 0.1) is 29.3 Å². The van der Waals surface area contributed by atoms with Crippen molar-refractivity contribution in [3.05, 3.63) is 34.3 Å². The molecule has 0 unspecified atom stereocenters. The van der Waals surface area contributed by atoms with Crippen LogP contribution in [-0.4, -0.2) is 39.2 Å². The zero-order valence-corrected chi connectivity index (χ0v) is 14.5. The molecule has 0 bridgehead atoms. The number of hydrogen-bond donors (Lipinski definition) is 0. The van der Waals surface area contributed by atoms with Gasteiger partial charge in [0, 0.05) is 50.3 Å². The van der Waals surface area contributed by atoms with Crippen LogP contribution in [0.15, 0.2) is 17.9 Å². The number of rotatable bonds is 6. The van der Waals surface area contributed by atoms with Crippen molar-refractivity contribution < 1.29 is 4.74 Å². The monoisotopic (exact) mass is 332 g/mol. The molecule has 124 valence electrons. The summed E-state index contributed by atoms with van der Waals surface area (Å²) in [4.78, 5) is 11.4. The van der Waals surface area contributed by atoms with Crippen LogP contribution >= 0.6 is 11.3 Å². The van der Waals surface area contributed by atoms with Crippen LogP contribution in [0, 0.1) is 18.8 Å². The summed E-state index contributed by atoms with van der Waals surface area (Å²) in [6, 6.07) is 0. The lowest BCUT2D eigenvalue weighted by atomic mass is 10.1. The summed E-state index contributed by atoms with van der Waals surface area (Å²) >= 11 is 1.73. The van der Waals surface area contributed by atoms with Gasteiger partial charge in [-0.05, 0) is 25.7 Å². The summed E-state index contributed by atoms with van der Waals surface area (Å²) in [5.41, 5.74) is 2.47. The summed E-state index contributed by atoms with van der Waals surface area (Å²) in [5.74, 6) is 1.35. The van der Waals surface area contributed by atoms with E-state index in [1.165, 1.54) is 24.2 Å². The molecule has 0 spiro atoms. The van der Waals surface area contributed by atoms with Crippen molar-refractivity contribution >= 4 is 11.3 Å². The van der Waals surface area contributed by atoms with E-state index in [1.54, 1.807) is 11.3 Å². The van der Waals surface area contributed by atoms with Crippen LogP contribution in [0.2, 0.25) is 0 Å². The molecule has 0 aromatic carbocycles. The lowest BCUT2D eigenvalue weighted by Gasteiger charge is -2.23. The van der Waals surface area contributed by atoms with E-state index in [9.17, 15) is 0 Å². The van der Waals surface area contributed by atoms with Crippen molar-refractivity contribution in [2.45, 2.75) is 39.4 Å². The fourth-order valence-electron chi connectivity index (χ4n) is 3.26. The predicted molar refractivity (Wildman–Crippen MR) is 90.2 cm³/mol. The number of thiazole rings is 1. The fourth-order valence-corrected chi connectivity index (χ4v) is 3.86. The molecule has 4 rings (SSSR count). The first kappa shape index (κ1) is 15.3. The minimum atomic E-state index is 0.518. The number of nitrogens with zero attached hydrogens (tertiary/aromatic N) is 4. The molecule has 1 aliphatic heterocycles. The van der Waals surface area contributed by atoms with Crippen molar-refractivity contribution in [3.63, 3.8) is 0 Å². The Hall–Kier alpha value is -1.24. The number of imidazole rings is 1. The summed E-state index contributed by atoms with van der Waals surface area (Å²) in [6.45, 7) is 7.78. The molecule has 0 saturated heterocycles. The molecular formula is C17H24N4OS. The number of aryl methyl sites for hydroxylation is 1. The van der Waals surface area contributed by atoms with Crippen molar-refractivity contribution in [3.8, 4) is 0 Å². The Balaban J connectivity index is 1.42. The fraction of sp³-hybridized carbons (Fsp3) is 0.647. The number of aromatic nitrogens is 3. The Morgan fingerprint density at radius 3 is 2.91 bits per heavy atom. The van der Waals surface area contributed by atoms with Gasteiger partial charge in [-0.2, -0.15) is 0 Å². The van der Waals surface area contributed by atoms with Gasteiger partial charge in [-0.1, -0.05) is 0 Å². The number of ether oxygens (including phenoxy) is 1. The number of hydrogen-bond acceptors (Lipinski definition) is 5. The Bertz CT molecular complexity index is 649. The van der Waals surface area contributed by atoms with E-state index in [1.807, 2.05) is 12.5 Å². The first-order valence-corrected chi connectivity index (χ1v) is 9.34. The molecule has 0 N–H and O–H groups in total. The lowest BCUT2D eigenvalue weighted by molar-refractivity contribution is 0.0703. The molecule has 1 saturated carbocycles. The first-order chi connectivity index (χ1) is 11.3. The maximum atomic E-state index is 5.97. The van der Waals surface area contributed by atoms with Gasteiger partial charge in [0.15, 0.2) is 0 Å². The second-order valence-electron chi connectivity index (χ2n) is 6.91. The van der Waals surface area contributed by atoms with Crippen LogP contribution in [0.3, 0.4) is 0 Å². The van der Waals surface area contributed by atoms with Gasteiger partial charge >= 0.3 is 0 Å². The highest BCUT2D eigenvalue weighted by molar-refractivity contribution is 7.09. The zero-order valence-electron chi connectivity index (χ0n) is 13.6. The standard InChI is InChI=1S/C17H24N4OS/c1-13-19-16(11-23-13)7-20-5-15(10-22-9-14-2-3-14)6-21-12-18-4-17(21)8-20/h4,11-12,14-15H,2-3,5-10H2,1H3/t15-/m0/s1. The second-order valence-corrected chi connectivity index (χ2v) is 7.97. The third-order valence-corrected chi connectivity index (χ3v) is 5.43. The van der Waals surface area contributed by atoms with E-state index in [4.69, 9.17) is 4.74 Å². The molecule has 3 heterocycles. The van der Waals surface area contributed by atoms with Crippen LogP contribution in [0.5, 0.6) is 0 Å². The van der Waals surface area contributed by atoms with E-state index in [0.29, 0.717) is 5.92 Å². The topological polar surface area (TPSA) is 43.2 Å². The molecule has 1 atom stereocenters. The molecule has 1 fully saturated rings. The van der Waals surface area contributed by atoms with Crippen molar-refractivity contribution in [2.24, 2.45) is 11.8 Å². The average molecular weight is 332 g/mol. The van der Waals surface area contributed by atoms with Gasteiger partial charge in [0.2, 0.25) is 0 Å². The average Bonchev–Trinajstić information content (AvgIpc) is 3.16. The minimum absolute atomic E-state index is 0.518. The third kappa shape index (κ3) is 4.00. The quantitative estimate of drug-likeness (QED) is 0.816. The van der Waals surface area contributed by atoms with Crippen molar-refractivity contribution in [1.82, 2.24) is 19.4 Å². The molecule has 2 aliphatic rings. The molecule has 0 amide bonds. The summed E-state index contributed by atoms with van der Waals surface area (Å²) in [6.07, 6.45) is 6.66. The Morgan fingerprint density at radius 2 is 2.13 bits per heavy atom. The summed E-state index contributed by atoms with van der Waals surface area (Å²) in [5, 5.41) is 3.32.